The van der Waals surface area contributed by atoms with E-state index in [9.17, 15) is 0 Å². The highest BCUT2D eigenvalue weighted by Crippen LogP contribution is 2.20. The van der Waals surface area contributed by atoms with Crippen LogP contribution in [-0.2, 0) is 0 Å². The summed E-state index contributed by atoms with van der Waals surface area (Å²) in [6.45, 7) is 6.81. The highest BCUT2D eigenvalue weighted by atomic mass is 16.0. The lowest BCUT2D eigenvalue weighted by Gasteiger charge is -2.12. The fourth-order valence-electron chi connectivity index (χ4n) is 1.44. The summed E-state index contributed by atoms with van der Waals surface area (Å²) in [6, 6.07) is 0. The fraction of sp³-hybridized carbons (Fsp3) is 0.900. The first-order chi connectivity index (χ1) is 4.85. The van der Waals surface area contributed by atoms with Crippen LogP contribution in [0.15, 0.2) is 0 Å². The van der Waals surface area contributed by atoms with Gasteiger partial charge in [-0.3, -0.25) is 0 Å². The Bertz CT molecular complexity index is 47.6. The molecule has 0 fully saturated rings. The molecule has 0 amide bonds. The normalized spacial score (nSPS) is 9.82. The Morgan fingerprint density at radius 3 is 1.18 bits per heavy atom. The molecule has 0 aromatic heterocycles. The molecule has 0 heterocycles. The smallest absolute Gasteiger partial charge is 0.0241 e. The highest BCUT2D eigenvalue weighted by molar-refractivity contribution is 4.87. The lowest BCUT2D eigenvalue weighted by molar-refractivity contribution is 0.621. The molecule has 0 bridgehead atoms. The molecule has 0 aliphatic carbocycles. The Kier molecular flexibility index (Phi) is 12.3. The van der Waals surface area contributed by atoms with Gasteiger partial charge < -0.3 is 5.48 Å². The summed E-state index contributed by atoms with van der Waals surface area (Å²) in [6.07, 6.45) is 8.07. The van der Waals surface area contributed by atoms with Crippen LogP contribution in [0.1, 0.15) is 59.3 Å². The minimum Gasteiger partial charge on any atom is -0.412 e. The summed E-state index contributed by atoms with van der Waals surface area (Å²) in [5.41, 5.74) is 0. The molecule has 1 radical (unpaired) electrons. The quantitative estimate of drug-likeness (QED) is 0.570. The Hall–Kier alpha value is -0.0400. The predicted octanol–water partition coefficient (Wildman–Crippen LogP) is 3.14. The van der Waals surface area contributed by atoms with Crippen LogP contribution < -0.4 is 0 Å². The van der Waals surface area contributed by atoms with Crippen LogP contribution >= 0.6 is 0 Å². The summed E-state index contributed by atoms with van der Waals surface area (Å²) in [4.78, 5) is 0. The van der Waals surface area contributed by atoms with E-state index >= 15 is 0 Å². The maximum atomic E-state index is 2.27. The Labute approximate surface area is 71.5 Å². The van der Waals surface area contributed by atoms with Crippen LogP contribution in [-0.4, -0.2) is 5.48 Å². The molecule has 0 aliphatic heterocycles. The molecule has 0 aromatic rings. The van der Waals surface area contributed by atoms with Gasteiger partial charge in [-0.15, -0.1) is 0 Å². The van der Waals surface area contributed by atoms with E-state index in [1.807, 2.05) is 0 Å². The average Bonchev–Trinajstić information content (AvgIpc) is 1.90. The van der Waals surface area contributed by atoms with Gasteiger partial charge in [-0.2, -0.15) is 0 Å². The van der Waals surface area contributed by atoms with Crippen molar-refractivity contribution in [2.75, 3.05) is 0 Å². The van der Waals surface area contributed by atoms with Crippen LogP contribution in [0.5, 0.6) is 0 Å². The SMILES string of the molecule is CCC[C](CCC)CCC.O. The van der Waals surface area contributed by atoms with Crippen molar-refractivity contribution in [3.63, 3.8) is 0 Å². The summed E-state index contributed by atoms with van der Waals surface area (Å²) < 4.78 is 0. The molecule has 2 N–H and O–H groups in total. The molecule has 0 aliphatic rings. The van der Waals surface area contributed by atoms with Crippen molar-refractivity contribution in [1.29, 1.82) is 0 Å². The first-order valence-corrected chi connectivity index (χ1v) is 4.68. The van der Waals surface area contributed by atoms with E-state index in [1.165, 1.54) is 38.5 Å². The molecule has 0 saturated carbocycles. The minimum absolute atomic E-state index is 0. The van der Waals surface area contributed by atoms with Gasteiger partial charge in [0.2, 0.25) is 0 Å². The van der Waals surface area contributed by atoms with Crippen LogP contribution in [0, 0.1) is 5.92 Å². The van der Waals surface area contributed by atoms with Gasteiger partial charge in [-0.25, -0.2) is 0 Å². The molecule has 0 spiro atoms. The third kappa shape index (κ3) is 7.86. The van der Waals surface area contributed by atoms with Crippen molar-refractivity contribution >= 4 is 0 Å². The Morgan fingerprint density at radius 2 is 1.00 bits per heavy atom. The van der Waals surface area contributed by atoms with Crippen LogP contribution in [0.2, 0.25) is 0 Å². The van der Waals surface area contributed by atoms with Gasteiger partial charge in [-0.1, -0.05) is 40.0 Å². The van der Waals surface area contributed by atoms with Crippen molar-refractivity contribution in [3.8, 4) is 0 Å². The van der Waals surface area contributed by atoms with Gasteiger partial charge in [0, 0.05) is 0 Å². The molecular formula is C10H23O. The van der Waals surface area contributed by atoms with Crippen LogP contribution in [0.3, 0.4) is 0 Å². The second kappa shape index (κ2) is 9.96. The van der Waals surface area contributed by atoms with Gasteiger partial charge in [0.25, 0.3) is 0 Å². The van der Waals surface area contributed by atoms with Crippen molar-refractivity contribution in [3.05, 3.63) is 5.92 Å². The van der Waals surface area contributed by atoms with E-state index in [0.717, 1.165) is 0 Å². The summed E-state index contributed by atoms with van der Waals surface area (Å²) >= 11 is 0. The zero-order valence-corrected chi connectivity index (χ0v) is 8.24. The molecule has 11 heavy (non-hydrogen) atoms. The van der Waals surface area contributed by atoms with Crippen LogP contribution in [0.25, 0.3) is 0 Å². The van der Waals surface area contributed by atoms with E-state index in [-0.39, 0.29) is 5.48 Å². The molecule has 0 saturated heterocycles. The van der Waals surface area contributed by atoms with E-state index in [2.05, 4.69) is 20.8 Å². The second-order valence-corrected chi connectivity index (χ2v) is 3.00. The largest absolute Gasteiger partial charge is 0.412 e. The second-order valence-electron chi connectivity index (χ2n) is 3.00. The number of hydrogen-bond donors (Lipinski definition) is 0. The first kappa shape index (κ1) is 13.5. The fourth-order valence-corrected chi connectivity index (χ4v) is 1.44. The van der Waals surface area contributed by atoms with Crippen molar-refractivity contribution < 1.29 is 5.48 Å². The van der Waals surface area contributed by atoms with Crippen molar-refractivity contribution in [2.24, 2.45) is 0 Å². The standard InChI is InChI=1S/C10H21.H2O/c1-4-7-10(8-5-2)9-6-3;/h4-9H2,1-3H3;1H2. The highest BCUT2D eigenvalue weighted by Gasteiger charge is 2.04. The van der Waals surface area contributed by atoms with Gasteiger partial charge in [0.15, 0.2) is 0 Å². The van der Waals surface area contributed by atoms with Gasteiger partial charge in [0.1, 0.15) is 0 Å². The number of rotatable bonds is 6. The zero-order chi connectivity index (χ0) is 7.82. The molecule has 0 atom stereocenters. The van der Waals surface area contributed by atoms with Gasteiger partial charge >= 0.3 is 0 Å². The topological polar surface area (TPSA) is 31.5 Å². The van der Waals surface area contributed by atoms with Crippen molar-refractivity contribution in [1.82, 2.24) is 0 Å². The maximum absolute atomic E-state index is 2.27. The van der Waals surface area contributed by atoms with E-state index in [1.54, 1.807) is 5.92 Å². The lowest BCUT2D eigenvalue weighted by Crippen LogP contribution is -1.95. The Morgan fingerprint density at radius 1 is 0.727 bits per heavy atom. The lowest BCUT2D eigenvalue weighted by atomic mass is 9.94. The van der Waals surface area contributed by atoms with E-state index < -0.39 is 0 Å². The third-order valence-corrected chi connectivity index (χ3v) is 1.81. The zero-order valence-electron chi connectivity index (χ0n) is 8.24. The molecular weight excluding hydrogens is 136 g/mol. The van der Waals surface area contributed by atoms with E-state index in [4.69, 9.17) is 0 Å². The molecule has 1 heteroatoms. The van der Waals surface area contributed by atoms with Crippen LogP contribution in [0.4, 0.5) is 0 Å². The summed E-state index contributed by atoms with van der Waals surface area (Å²) in [5, 5.41) is 0. The monoisotopic (exact) mass is 159 g/mol. The predicted molar refractivity (Wildman–Crippen MR) is 51.6 cm³/mol. The first-order valence-electron chi connectivity index (χ1n) is 4.68. The maximum Gasteiger partial charge on any atom is -0.0241 e. The molecule has 0 unspecified atom stereocenters. The van der Waals surface area contributed by atoms with Crippen molar-refractivity contribution in [2.45, 2.75) is 59.3 Å². The minimum atomic E-state index is 0. The summed E-state index contributed by atoms with van der Waals surface area (Å²) in [5.74, 6) is 1.78. The van der Waals surface area contributed by atoms with Gasteiger partial charge in [-0.05, 0) is 25.2 Å². The molecule has 69 valence electrons. The molecule has 0 rings (SSSR count). The Balaban J connectivity index is 0. The molecule has 1 nitrogen and oxygen atoms in total. The van der Waals surface area contributed by atoms with E-state index in [0.29, 0.717) is 0 Å². The van der Waals surface area contributed by atoms with Gasteiger partial charge in [0.05, 0.1) is 0 Å². The number of hydrogen-bond acceptors (Lipinski definition) is 0. The molecule has 0 aromatic carbocycles. The average molecular weight is 159 g/mol. The summed E-state index contributed by atoms with van der Waals surface area (Å²) in [7, 11) is 0. The third-order valence-electron chi connectivity index (χ3n) is 1.81.